The minimum absolute atomic E-state index is 0.163. The molecular weight excluding hydrogens is 388 g/mol. The molecule has 0 fully saturated rings. The van der Waals surface area contributed by atoms with E-state index in [-0.39, 0.29) is 11.4 Å². The van der Waals surface area contributed by atoms with Crippen LogP contribution in [0.5, 0.6) is 0 Å². The van der Waals surface area contributed by atoms with E-state index in [4.69, 9.17) is 11.6 Å². The number of nitrogens with zero attached hydrogens (tertiary/aromatic N) is 3. The molecule has 2 heterocycles. The van der Waals surface area contributed by atoms with Crippen LogP contribution in [0.2, 0.25) is 5.02 Å². The maximum atomic E-state index is 12.2. The number of aromatic nitrogens is 3. The van der Waals surface area contributed by atoms with E-state index in [1.54, 1.807) is 12.3 Å². The van der Waals surface area contributed by atoms with Crippen LogP contribution in [0.4, 0.5) is 17.5 Å². The van der Waals surface area contributed by atoms with Gasteiger partial charge in [-0.05, 0) is 36.4 Å². The Balaban J connectivity index is 1.52. The van der Waals surface area contributed by atoms with Gasteiger partial charge in [0, 0.05) is 30.4 Å². The summed E-state index contributed by atoms with van der Waals surface area (Å²) in [5, 5.41) is 6.59. The quantitative estimate of drug-likeness (QED) is 0.495. The van der Waals surface area contributed by atoms with Crippen molar-refractivity contribution < 1.29 is 8.42 Å². The molecule has 0 spiro atoms. The highest BCUT2D eigenvalue weighted by Gasteiger charge is 2.12. The van der Waals surface area contributed by atoms with Gasteiger partial charge in [-0.3, -0.25) is 0 Å². The molecule has 0 aliphatic carbocycles. The lowest BCUT2D eigenvalue weighted by atomic mass is 10.4. The van der Waals surface area contributed by atoms with Crippen LogP contribution >= 0.6 is 11.6 Å². The van der Waals surface area contributed by atoms with Crippen LogP contribution in [0.25, 0.3) is 0 Å². The summed E-state index contributed by atoms with van der Waals surface area (Å²) in [6.07, 6.45) is 3.08. The second kappa shape index (κ2) is 8.76. The Morgan fingerprint density at radius 2 is 1.67 bits per heavy atom. The van der Waals surface area contributed by atoms with Crippen molar-refractivity contribution in [2.75, 3.05) is 23.7 Å². The molecule has 0 unspecified atom stereocenters. The van der Waals surface area contributed by atoms with Crippen molar-refractivity contribution in [2.45, 2.75) is 4.90 Å². The van der Waals surface area contributed by atoms with Gasteiger partial charge < -0.3 is 10.6 Å². The van der Waals surface area contributed by atoms with E-state index in [2.05, 4.69) is 30.3 Å². The number of rotatable bonds is 8. The average molecular weight is 405 g/mol. The number of anilines is 3. The molecular formula is C17H17ClN6O2S. The number of hydrogen-bond acceptors (Lipinski definition) is 7. The molecule has 1 aromatic carbocycles. The predicted molar refractivity (Wildman–Crippen MR) is 105 cm³/mol. The average Bonchev–Trinajstić information content (AvgIpc) is 2.67. The van der Waals surface area contributed by atoms with Gasteiger partial charge in [0.2, 0.25) is 10.0 Å². The zero-order valence-corrected chi connectivity index (χ0v) is 15.7. The fourth-order valence-electron chi connectivity index (χ4n) is 2.16. The highest BCUT2D eigenvalue weighted by atomic mass is 35.5. The minimum Gasteiger partial charge on any atom is -0.369 e. The first-order valence-corrected chi connectivity index (χ1v) is 9.88. The lowest BCUT2D eigenvalue weighted by Crippen LogP contribution is -2.29. The van der Waals surface area contributed by atoms with Crippen LogP contribution in [-0.4, -0.2) is 36.5 Å². The van der Waals surface area contributed by atoms with Gasteiger partial charge in [-0.15, -0.1) is 0 Å². The molecule has 2 aromatic heterocycles. The van der Waals surface area contributed by atoms with Crippen LogP contribution in [-0.2, 0) is 10.0 Å². The topological polar surface area (TPSA) is 109 Å². The van der Waals surface area contributed by atoms with Gasteiger partial charge in [-0.2, -0.15) is 0 Å². The molecule has 3 N–H and O–H groups in total. The van der Waals surface area contributed by atoms with Gasteiger partial charge in [0.1, 0.15) is 23.8 Å². The molecule has 10 heteroatoms. The molecule has 0 atom stereocenters. The summed E-state index contributed by atoms with van der Waals surface area (Å²) in [6.45, 7) is 0.546. The smallest absolute Gasteiger partial charge is 0.240 e. The van der Waals surface area contributed by atoms with Gasteiger partial charge >= 0.3 is 0 Å². The standard InChI is InChI=1S/C17H17ClN6O2S/c18-13-4-6-14(7-5-13)27(25,26)23-10-9-20-16-11-17(22-12-21-16)24-15-3-1-2-8-19-15/h1-8,11-12,23H,9-10H2,(H2,19,20,21,22,24). The zero-order valence-electron chi connectivity index (χ0n) is 14.1. The summed E-state index contributed by atoms with van der Waals surface area (Å²) in [5.74, 6) is 1.81. The van der Waals surface area contributed by atoms with E-state index < -0.39 is 10.0 Å². The molecule has 3 rings (SSSR count). The van der Waals surface area contributed by atoms with Crippen molar-refractivity contribution in [2.24, 2.45) is 0 Å². The van der Waals surface area contributed by atoms with Crippen molar-refractivity contribution in [3.8, 4) is 0 Å². The third-order valence-electron chi connectivity index (χ3n) is 3.44. The molecule has 3 aromatic rings. The first-order valence-electron chi connectivity index (χ1n) is 8.02. The van der Waals surface area contributed by atoms with Gasteiger partial charge in [0.25, 0.3) is 0 Å². The van der Waals surface area contributed by atoms with Gasteiger partial charge in [0.05, 0.1) is 4.90 Å². The van der Waals surface area contributed by atoms with E-state index >= 15 is 0 Å². The second-order valence-electron chi connectivity index (χ2n) is 5.41. The number of benzene rings is 1. The molecule has 0 saturated heterocycles. The van der Waals surface area contributed by atoms with Crippen molar-refractivity contribution >= 4 is 39.1 Å². The van der Waals surface area contributed by atoms with Crippen LogP contribution in [0, 0.1) is 0 Å². The van der Waals surface area contributed by atoms with Crippen molar-refractivity contribution in [1.29, 1.82) is 0 Å². The summed E-state index contributed by atoms with van der Waals surface area (Å²) in [6, 6.07) is 13.2. The van der Waals surface area contributed by atoms with E-state index in [0.29, 0.717) is 29.0 Å². The van der Waals surface area contributed by atoms with Crippen LogP contribution < -0.4 is 15.4 Å². The summed E-state index contributed by atoms with van der Waals surface area (Å²) >= 11 is 5.77. The summed E-state index contributed by atoms with van der Waals surface area (Å²) in [5.41, 5.74) is 0. The molecule has 0 bridgehead atoms. The first-order chi connectivity index (χ1) is 13.0. The number of nitrogens with one attached hydrogen (secondary N) is 3. The minimum atomic E-state index is -3.58. The van der Waals surface area contributed by atoms with Crippen LogP contribution in [0.15, 0.2) is 66.0 Å². The maximum absolute atomic E-state index is 12.2. The molecule has 0 radical (unpaired) electrons. The number of halogens is 1. The third-order valence-corrected chi connectivity index (χ3v) is 5.16. The van der Waals surface area contributed by atoms with Crippen LogP contribution in [0.3, 0.4) is 0 Å². The van der Waals surface area contributed by atoms with Gasteiger partial charge in [0.15, 0.2) is 0 Å². The zero-order chi connectivity index (χ0) is 19.1. The molecule has 27 heavy (non-hydrogen) atoms. The molecule has 0 amide bonds. The molecule has 140 valence electrons. The predicted octanol–water partition coefficient (Wildman–Crippen LogP) is 2.66. The highest BCUT2D eigenvalue weighted by molar-refractivity contribution is 7.89. The maximum Gasteiger partial charge on any atom is 0.240 e. The monoisotopic (exact) mass is 404 g/mol. The van der Waals surface area contributed by atoms with E-state index in [0.717, 1.165) is 0 Å². The summed E-state index contributed by atoms with van der Waals surface area (Å²) in [4.78, 5) is 12.6. The Bertz CT molecular complexity index is 984. The van der Waals surface area contributed by atoms with Gasteiger partial charge in [-0.25, -0.2) is 28.1 Å². The number of pyridine rings is 1. The fourth-order valence-corrected chi connectivity index (χ4v) is 3.32. The van der Waals surface area contributed by atoms with Crippen molar-refractivity contribution in [3.05, 3.63) is 66.1 Å². The number of sulfonamides is 1. The molecule has 0 aliphatic rings. The summed E-state index contributed by atoms with van der Waals surface area (Å²) < 4.78 is 26.9. The van der Waals surface area contributed by atoms with E-state index in [9.17, 15) is 8.42 Å². The fraction of sp³-hybridized carbons (Fsp3) is 0.118. The largest absolute Gasteiger partial charge is 0.369 e. The molecule has 0 saturated carbocycles. The Labute approximate surface area is 162 Å². The Morgan fingerprint density at radius 3 is 2.41 bits per heavy atom. The van der Waals surface area contributed by atoms with E-state index in [1.807, 2.05) is 18.2 Å². The number of hydrogen-bond donors (Lipinski definition) is 3. The third kappa shape index (κ3) is 5.61. The summed E-state index contributed by atoms with van der Waals surface area (Å²) in [7, 11) is -3.58. The second-order valence-corrected chi connectivity index (χ2v) is 7.61. The Hall–Kier alpha value is -2.75. The molecule has 8 nitrogen and oxygen atoms in total. The Morgan fingerprint density at radius 1 is 0.889 bits per heavy atom. The normalized spacial score (nSPS) is 11.1. The van der Waals surface area contributed by atoms with E-state index in [1.165, 1.54) is 30.6 Å². The lowest BCUT2D eigenvalue weighted by Gasteiger charge is -2.09. The van der Waals surface area contributed by atoms with Crippen molar-refractivity contribution in [1.82, 2.24) is 19.7 Å². The Kier molecular flexibility index (Phi) is 6.17. The lowest BCUT2D eigenvalue weighted by molar-refractivity contribution is 0.583. The van der Waals surface area contributed by atoms with Gasteiger partial charge in [-0.1, -0.05) is 17.7 Å². The SMILES string of the molecule is O=S(=O)(NCCNc1cc(Nc2ccccn2)ncn1)c1ccc(Cl)cc1. The first kappa shape index (κ1) is 19.0. The van der Waals surface area contributed by atoms with Crippen molar-refractivity contribution in [3.63, 3.8) is 0 Å². The van der Waals surface area contributed by atoms with Crippen LogP contribution in [0.1, 0.15) is 0 Å². The molecule has 0 aliphatic heterocycles. The highest BCUT2D eigenvalue weighted by Crippen LogP contribution is 2.14.